The van der Waals surface area contributed by atoms with E-state index in [1.54, 1.807) is 0 Å². The Balaban J connectivity index is 3.47. The van der Waals surface area contributed by atoms with Gasteiger partial charge < -0.3 is 9.50 Å². The van der Waals surface area contributed by atoms with Crippen LogP contribution in [0.1, 0.15) is 104 Å². The second-order valence-corrected chi connectivity index (χ2v) is 9.07. The fourth-order valence-corrected chi connectivity index (χ4v) is 3.50. The minimum Gasteiger partial charge on any atom is -0.345 e. The highest BCUT2D eigenvalue weighted by atomic mass is 32.2. The van der Waals surface area contributed by atoms with Gasteiger partial charge in [0.15, 0.2) is 0 Å². The van der Waals surface area contributed by atoms with E-state index in [-0.39, 0.29) is 6.42 Å². The molecule has 160 valence electrons. The fourth-order valence-electron chi connectivity index (χ4n) is 2.73. The molecule has 27 heavy (non-hydrogen) atoms. The maximum atomic E-state index is 11.6. The van der Waals surface area contributed by atoms with Crippen LogP contribution in [-0.4, -0.2) is 26.8 Å². The lowest BCUT2D eigenvalue weighted by Gasteiger charge is -2.11. The molecule has 0 aliphatic heterocycles. The number of hydrogen-bond donors (Lipinski definition) is 1. The van der Waals surface area contributed by atoms with E-state index in [1.165, 1.54) is 65.3 Å². The molecule has 0 bridgehead atoms. The Hall–Kier alpha value is -0.880. The van der Waals surface area contributed by atoms with Crippen LogP contribution in [0.4, 0.5) is 0 Å². The van der Waals surface area contributed by atoms with E-state index < -0.39 is 21.5 Å². The monoisotopic (exact) mass is 403 g/mol. The average Bonchev–Trinajstić information content (AvgIpc) is 2.63. The summed E-state index contributed by atoms with van der Waals surface area (Å²) in [6.07, 6.45) is 20.1. The quantitative estimate of drug-likeness (QED) is 0.187. The van der Waals surface area contributed by atoms with Crippen molar-refractivity contribution in [3.8, 4) is 0 Å². The highest BCUT2D eigenvalue weighted by Gasteiger charge is 2.23. The van der Waals surface area contributed by atoms with Gasteiger partial charge in [0, 0.05) is 6.42 Å². The van der Waals surface area contributed by atoms with Gasteiger partial charge in [-0.25, -0.2) is 0 Å². The number of allylic oxidation sites excluding steroid dienone is 2. The van der Waals surface area contributed by atoms with Gasteiger partial charge in [0.1, 0.15) is 5.37 Å². The number of nitrogens with one attached hydrogen (secondary N) is 1. The van der Waals surface area contributed by atoms with Crippen LogP contribution in [-0.2, 0) is 19.1 Å². The Morgan fingerprint density at radius 2 is 1.37 bits per heavy atom. The molecule has 0 radical (unpaired) electrons. The second-order valence-electron chi connectivity index (χ2n) is 7.21. The molecule has 0 aliphatic carbocycles. The predicted octanol–water partition coefficient (Wildman–Crippen LogP) is 5.46. The van der Waals surface area contributed by atoms with Crippen molar-refractivity contribution in [2.24, 2.45) is 0 Å². The Bertz CT molecular complexity index is 488. The number of hydrogen-bond acceptors (Lipinski definition) is 5. The molecular weight excluding hydrogens is 362 g/mol. The highest BCUT2D eigenvalue weighted by molar-refractivity contribution is 7.87. The molecule has 0 aromatic carbocycles. The minimum absolute atomic E-state index is 0.161. The van der Waals surface area contributed by atoms with E-state index >= 15 is 0 Å². The first kappa shape index (κ1) is 26.1. The lowest BCUT2D eigenvalue weighted by molar-refractivity contribution is -0.134. The number of rotatable bonds is 18. The Morgan fingerprint density at radius 3 is 1.89 bits per heavy atom. The van der Waals surface area contributed by atoms with Gasteiger partial charge in [0.2, 0.25) is 0 Å². The van der Waals surface area contributed by atoms with E-state index in [1.807, 2.05) is 0 Å². The Kier molecular flexibility index (Phi) is 16.7. The molecule has 1 atom stereocenters. The summed E-state index contributed by atoms with van der Waals surface area (Å²) in [4.78, 5) is 11.6. The molecule has 0 aromatic heterocycles. The van der Waals surface area contributed by atoms with Crippen molar-refractivity contribution in [3.63, 3.8) is 0 Å². The van der Waals surface area contributed by atoms with Crippen LogP contribution >= 0.6 is 0 Å². The first-order valence-electron chi connectivity index (χ1n) is 10.7. The zero-order valence-electron chi connectivity index (χ0n) is 17.7. The smallest absolute Gasteiger partial charge is 0.327 e. The second kappa shape index (κ2) is 17.2. The summed E-state index contributed by atoms with van der Waals surface area (Å²) in [6.45, 7) is 3.70. The SMILES string of the molecule is CCCCCCCC/C=C\CCCCCCCC(=O)OS(=O)(=O)C(C)NC. The van der Waals surface area contributed by atoms with Crippen LogP contribution in [0.2, 0.25) is 0 Å². The van der Waals surface area contributed by atoms with Crippen molar-refractivity contribution >= 4 is 16.1 Å². The molecule has 5 nitrogen and oxygen atoms in total. The third kappa shape index (κ3) is 15.8. The molecular formula is C21H41NO4S. The summed E-state index contributed by atoms with van der Waals surface area (Å²) in [5.74, 6) is -0.658. The largest absolute Gasteiger partial charge is 0.345 e. The molecule has 0 rings (SSSR count). The molecule has 0 aromatic rings. The maximum absolute atomic E-state index is 11.6. The van der Waals surface area contributed by atoms with Gasteiger partial charge in [-0.3, -0.25) is 4.79 Å². The molecule has 6 heteroatoms. The van der Waals surface area contributed by atoms with Gasteiger partial charge in [0.25, 0.3) is 0 Å². The van der Waals surface area contributed by atoms with Crippen molar-refractivity contribution in [1.29, 1.82) is 0 Å². The van der Waals surface area contributed by atoms with Gasteiger partial charge in [-0.15, -0.1) is 0 Å². The molecule has 0 saturated carbocycles. The molecule has 0 heterocycles. The Labute approximate surface area is 167 Å². The molecule has 0 fully saturated rings. The molecule has 1 N–H and O–H groups in total. The average molecular weight is 404 g/mol. The summed E-state index contributed by atoms with van der Waals surface area (Å²) in [6, 6.07) is 0. The predicted molar refractivity (Wildman–Crippen MR) is 113 cm³/mol. The highest BCUT2D eigenvalue weighted by Crippen LogP contribution is 2.11. The molecule has 0 spiro atoms. The van der Waals surface area contributed by atoms with Crippen molar-refractivity contribution < 1.29 is 17.4 Å². The third-order valence-electron chi connectivity index (χ3n) is 4.69. The fraction of sp³-hybridized carbons (Fsp3) is 0.857. The van der Waals surface area contributed by atoms with Crippen LogP contribution < -0.4 is 5.32 Å². The zero-order chi connectivity index (χ0) is 20.4. The van der Waals surface area contributed by atoms with E-state index in [4.69, 9.17) is 0 Å². The van der Waals surface area contributed by atoms with Crippen molar-refractivity contribution in [3.05, 3.63) is 12.2 Å². The standard InChI is InChI=1S/C21H41NO4S/c1-4-5-6-7-8-9-10-11-12-13-14-15-16-17-18-19-21(23)26-27(24,25)20(2)22-3/h11-12,20,22H,4-10,13-19H2,1-3H3/b12-11-. The van der Waals surface area contributed by atoms with Crippen molar-refractivity contribution in [1.82, 2.24) is 5.32 Å². The third-order valence-corrected chi connectivity index (χ3v) is 6.21. The molecule has 0 aliphatic rings. The van der Waals surface area contributed by atoms with E-state index in [9.17, 15) is 13.2 Å². The minimum atomic E-state index is -3.85. The first-order valence-corrected chi connectivity index (χ1v) is 12.2. The van der Waals surface area contributed by atoms with E-state index in [0.717, 1.165) is 25.7 Å². The van der Waals surface area contributed by atoms with Gasteiger partial charge >= 0.3 is 16.1 Å². The maximum Gasteiger partial charge on any atom is 0.327 e. The van der Waals surface area contributed by atoms with E-state index in [2.05, 4.69) is 28.6 Å². The van der Waals surface area contributed by atoms with Crippen LogP contribution in [0, 0.1) is 0 Å². The van der Waals surface area contributed by atoms with Gasteiger partial charge in [0.05, 0.1) is 0 Å². The first-order chi connectivity index (χ1) is 12.9. The number of carbonyl (C=O) groups is 1. The number of unbranched alkanes of at least 4 members (excludes halogenated alkanes) is 11. The van der Waals surface area contributed by atoms with Crippen molar-refractivity contribution in [2.75, 3.05) is 7.05 Å². The molecule has 1 unspecified atom stereocenters. The normalized spacial score (nSPS) is 13.1. The van der Waals surface area contributed by atoms with Crippen LogP contribution in [0.25, 0.3) is 0 Å². The van der Waals surface area contributed by atoms with Gasteiger partial charge in [-0.2, -0.15) is 8.42 Å². The summed E-state index contributed by atoms with van der Waals surface area (Å²) in [7, 11) is -2.33. The topological polar surface area (TPSA) is 72.5 Å². The summed E-state index contributed by atoms with van der Waals surface area (Å²) in [5.41, 5.74) is 0. The summed E-state index contributed by atoms with van der Waals surface area (Å²) >= 11 is 0. The van der Waals surface area contributed by atoms with Crippen molar-refractivity contribution in [2.45, 2.75) is 109 Å². The summed E-state index contributed by atoms with van der Waals surface area (Å²) < 4.78 is 27.8. The van der Waals surface area contributed by atoms with Crippen LogP contribution in [0.15, 0.2) is 12.2 Å². The van der Waals surface area contributed by atoms with Gasteiger partial charge in [-0.1, -0.05) is 70.4 Å². The summed E-state index contributed by atoms with van der Waals surface area (Å²) in [5, 5.41) is 1.68. The van der Waals surface area contributed by atoms with Crippen LogP contribution in [0.5, 0.6) is 0 Å². The molecule has 0 saturated heterocycles. The lowest BCUT2D eigenvalue weighted by atomic mass is 10.1. The number of carbonyl (C=O) groups excluding carboxylic acids is 1. The Morgan fingerprint density at radius 1 is 0.889 bits per heavy atom. The zero-order valence-corrected chi connectivity index (χ0v) is 18.5. The molecule has 0 amide bonds. The van der Waals surface area contributed by atoms with Crippen LogP contribution in [0.3, 0.4) is 0 Å². The lowest BCUT2D eigenvalue weighted by Crippen LogP contribution is -2.33. The van der Waals surface area contributed by atoms with Gasteiger partial charge in [-0.05, 0) is 46.1 Å². The van der Waals surface area contributed by atoms with E-state index in [0.29, 0.717) is 6.42 Å².